The van der Waals surface area contributed by atoms with Crippen LogP contribution in [0.1, 0.15) is 61.7 Å². The number of amides is 2. The molecule has 7 nitrogen and oxygen atoms in total. The van der Waals surface area contributed by atoms with Crippen LogP contribution in [0.3, 0.4) is 0 Å². The summed E-state index contributed by atoms with van der Waals surface area (Å²) in [6.45, 7) is 8.66. The average Bonchev–Trinajstić information content (AvgIpc) is 2.93. The van der Waals surface area contributed by atoms with Crippen molar-refractivity contribution in [3.05, 3.63) is 35.9 Å². The quantitative estimate of drug-likeness (QED) is 0.533. The first-order valence-electron chi connectivity index (χ1n) is 14.4. The molecule has 36 heavy (non-hydrogen) atoms. The molecule has 1 aromatic carbocycles. The zero-order valence-corrected chi connectivity index (χ0v) is 21.8. The smallest absolute Gasteiger partial charge is 0.254 e. The van der Waals surface area contributed by atoms with E-state index in [0.29, 0.717) is 24.3 Å². The zero-order valence-electron chi connectivity index (χ0n) is 21.8. The van der Waals surface area contributed by atoms with E-state index in [-0.39, 0.29) is 17.9 Å². The maximum Gasteiger partial charge on any atom is 0.254 e. The minimum Gasteiger partial charge on any atom is -0.379 e. The lowest BCUT2D eigenvalue weighted by molar-refractivity contribution is -0.121. The number of benzene rings is 1. The number of hydrogen-bond donors (Lipinski definition) is 1. The van der Waals surface area contributed by atoms with E-state index in [1.807, 2.05) is 30.3 Å². The van der Waals surface area contributed by atoms with Gasteiger partial charge in [0.2, 0.25) is 5.91 Å². The summed E-state index contributed by atoms with van der Waals surface area (Å²) in [6, 6.07) is 10.6. The predicted octanol–water partition coefficient (Wildman–Crippen LogP) is 3.01. The van der Waals surface area contributed by atoms with E-state index in [4.69, 9.17) is 4.74 Å². The molecule has 4 aliphatic rings. The van der Waals surface area contributed by atoms with Gasteiger partial charge in [-0.15, -0.1) is 0 Å². The molecule has 1 aromatic rings. The van der Waals surface area contributed by atoms with Gasteiger partial charge >= 0.3 is 0 Å². The van der Waals surface area contributed by atoms with Crippen LogP contribution in [0.25, 0.3) is 0 Å². The van der Waals surface area contributed by atoms with Crippen molar-refractivity contribution in [3.63, 3.8) is 0 Å². The van der Waals surface area contributed by atoms with Crippen molar-refractivity contribution in [2.75, 3.05) is 59.0 Å². The van der Waals surface area contributed by atoms with Crippen molar-refractivity contribution in [2.24, 2.45) is 11.8 Å². The number of carbonyl (C=O) groups excluding carboxylic acids is 2. The number of likely N-dealkylation sites (tertiary alicyclic amines) is 1. The van der Waals surface area contributed by atoms with Crippen molar-refractivity contribution in [2.45, 2.75) is 63.5 Å². The molecule has 4 heterocycles. The van der Waals surface area contributed by atoms with E-state index in [2.05, 4.69) is 20.0 Å². The molecule has 4 saturated heterocycles. The molecule has 0 spiro atoms. The van der Waals surface area contributed by atoms with Crippen molar-refractivity contribution in [3.8, 4) is 0 Å². The summed E-state index contributed by atoms with van der Waals surface area (Å²) in [4.78, 5) is 33.6. The fraction of sp³-hybridized carbons (Fsp3) is 0.724. The lowest BCUT2D eigenvalue weighted by atomic mass is 9.69. The Kier molecular flexibility index (Phi) is 8.93. The van der Waals surface area contributed by atoms with Gasteiger partial charge in [-0.3, -0.25) is 19.4 Å². The molecule has 0 radical (unpaired) electrons. The third-order valence-corrected chi connectivity index (χ3v) is 8.93. The Morgan fingerprint density at radius 2 is 1.75 bits per heavy atom. The first-order chi connectivity index (χ1) is 17.7. The predicted molar refractivity (Wildman–Crippen MR) is 141 cm³/mol. The summed E-state index contributed by atoms with van der Waals surface area (Å²) < 4.78 is 5.40. The highest BCUT2D eigenvalue weighted by molar-refractivity contribution is 5.94. The number of hydrogen-bond acceptors (Lipinski definition) is 5. The lowest BCUT2D eigenvalue weighted by Crippen LogP contribution is -2.65. The fourth-order valence-corrected chi connectivity index (χ4v) is 7.26. The topological polar surface area (TPSA) is 65.1 Å². The van der Waals surface area contributed by atoms with Crippen molar-refractivity contribution in [1.29, 1.82) is 0 Å². The highest BCUT2D eigenvalue weighted by atomic mass is 16.5. The average molecular weight is 497 g/mol. The Labute approximate surface area is 216 Å². The van der Waals surface area contributed by atoms with Crippen LogP contribution in [-0.4, -0.2) is 97.6 Å². The van der Waals surface area contributed by atoms with Crippen LogP contribution in [0.4, 0.5) is 0 Å². The zero-order chi connectivity index (χ0) is 24.7. The molecule has 0 unspecified atom stereocenters. The molecule has 0 bridgehead atoms. The lowest BCUT2D eigenvalue weighted by Gasteiger charge is -2.57. The van der Waals surface area contributed by atoms with Gasteiger partial charge < -0.3 is 15.0 Å². The molecule has 7 heteroatoms. The Morgan fingerprint density at radius 3 is 2.56 bits per heavy atom. The normalized spacial score (nSPS) is 28.9. The van der Waals surface area contributed by atoms with Gasteiger partial charge in [-0.1, -0.05) is 18.2 Å². The molecule has 0 aromatic heterocycles. The van der Waals surface area contributed by atoms with Gasteiger partial charge in [0.1, 0.15) is 0 Å². The van der Waals surface area contributed by atoms with Crippen molar-refractivity contribution < 1.29 is 14.3 Å². The second-order valence-electron chi connectivity index (χ2n) is 11.2. The van der Waals surface area contributed by atoms with E-state index >= 15 is 0 Å². The van der Waals surface area contributed by atoms with Crippen LogP contribution in [0.15, 0.2) is 30.3 Å². The van der Waals surface area contributed by atoms with E-state index in [9.17, 15) is 9.59 Å². The summed E-state index contributed by atoms with van der Waals surface area (Å²) in [7, 11) is 0. The highest BCUT2D eigenvalue weighted by Gasteiger charge is 2.49. The molecular weight excluding hydrogens is 452 g/mol. The standard InChI is InChI=1S/C29H44N4O3/c34-27(30-14-7-15-31-18-20-36-21-19-31)13-4-12-26-25-11-6-17-32-16-5-10-24(28(25)32)22-33(26)29(35)23-8-2-1-3-9-23/h1-3,8-9,24-26,28H,4-7,10-22H2,(H,30,34)/t24-,25+,26+,28-/m0/s1. The van der Waals surface area contributed by atoms with Crippen LogP contribution in [0.5, 0.6) is 0 Å². The molecule has 4 aliphatic heterocycles. The van der Waals surface area contributed by atoms with E-state index in [0.717, 1.165) is 70.8 Å². The van der Waals surface area contributed by atoms with Crippen molar-refractivity contribution >= 4 is 11.8 Å². The molecule has 0 aliphatic carbocycles. The first-order valence-corrected chi connectivity index (χ1v) is 14.4. The monoisotopic (exact) mass is 496 g/mol. The van der Waals surface area contributed by atoms with Gasteiger partial charge in [-0.2, -0.15) is 0 Å². The maximum atomic E-state index is 13.7. The Morgan fingerprint density at radius 1 is 0.972 bits per heavy atom. The summed E-state index contributed by atoms with van der Waals surface area (Å²) in [5.74, 6) is 1.44. The third-order valence-electron chi connectivity index (χ3n) is 8.93. The number of piperidine rings is 3. The van der Waals surface area contributed by atoms with Gasteiger partial charge in [0.25, 0.3) is 5.91 Å². The fourth-order valence-electron chi connectivity index (χ4n) is 7.26. The Hall–Kier alpha value is -1.96. The van der Waals surface area contributed by atoms with Crippen LogP contribution >= 0.6 is 0 Å². The van der Waals surface area contributed by atoms with Gasteiger partial charge in [-0.05, 0) is 88.5 Å². The molecule has 4 atom stereocenters. The third kappa shape index (κ3) is 6.12. The molecule has 4 fully saturated rings. The number of morpholine rings is 1. The Balaban J connectivity index is 1.16. The minimum absolute atomic E-state index is 0.148. The number of carbonyl (C=O) groups is 2. The Bertz CT molecular complexity index is 857. The SMILES string of the molecule is O=C(CCC[C@@H]1[C@H]2CCCN3CCC[C@@H](CN1C(=O)c1ccccc1)[C@@H]23)NCCCN1CCOCC1. The molecule has 2 amide bonds. The van der Waals surface area contributed by atoms with E-state index in [1.165, 1.54) is 38.8 Å². The van der Waals surface area contributed by atoms with Crippen LogP contribution in [0, 0.1) is 11.8 Å². The summed E-state index contributed by atoms with van der Waals surface area (Å²) in [5.41, 5.74) is 0.794. The van der Waals surface area contributed by atoms with Gasteiger partial charge in [0, 0.05) is 50.2 Å². The van der Waals surface area contributed by atoms with E-state index < -0.39 is 0 Å². The molecule has 198 valence electrons. The van der Waals surface area contributed by atoms with Gasteiger partial charge in [0.05, 0.1) is 13.2 Å². The van der Waals surface area contributed by atoms with Crippen LogP contribution < -0.4 is 5.32 Å². The number of rotatable bonds is 9. The summed E-state index contributed by atoms with van der Waals surface area (Å²) in [5, 5.41) is 3.12. The van der Waals surface area contributed by atoms with Gasteiger partial charge in [0.15, 0.2) is 0 Å². The molecule has 5 rings (SSSR count). The van der Waals surface area contributed by atoms with Crippen LogP contribution in [0.2, 0.25) is 0 Å². The van der Waals surface area contributed by atoms with Crippen LogP contribution in [-0.2, 0) is 9.53 Å². The highest BCUT2D eigenvalue weighted by Crippen LogP contribution is 2.43. The summed E-state index contributed by atoms with van der Waals surface area (Å²) >= 11 is 0. The van der Waals surface area contributed by atoms with Crippen molar-refractivity contribution in [1.82, 2.24) is 20.0 Å². The maximum absolute atomic E-state index is 13.7. The minimum atomic E-state index is 0.148. The number of ether oxygens (including phenoxy) is 1. The number of nitrogens with one attached hydrogen (secondary N) is 1. The van der Waals surface area contributed by atoms with Gasteiger partial charge in [-0.25, -0.2) is 0 Å². The largest absolute Gasteiger partial charge is 0.379 e. The first kappa shape index (κ1) is 25.7. The molecule has 1 N–H and O–H groups in total. The molecular formula is C29H44N4O3. The number of nitrogens with zero attached hydrogens (tertiary/aromatic N) is 3. The molecule has 0 saturated carbocycles. The second kappa shape index (κ2) is 12.5. The van der Waals surface area contributed by atoms with E-state index in [1.54, 1.807) is 0 Å². The second-order valence-corrected chi connectivity index (χ2v) is 11.2. The summed E-state index contributed by atoms with van der Waals surface area (Å²) in [6.07, 6.45) is 8.19.